The van der Waals surface area contributed by atoms with Crippen molar-refractivity contribution in [2.45, 2.75) is 12.7 Å². The van der Waals surface area contributed by atoms with Crippen LogP contribution in [0.2, 0.25) is 0 Å². The number of carbonyl (C=O) groups is 2. The van der Waals surface area contributed by atoms with Gasteiger partial charge in [0.15, 0.2) is 0 Å². The van der Waals surface area contributed by atoms with E-state index in [4.69, 9.17) is 0 Å². The average Bonchev–Trinajstić information content (AvgIpc) is 2.73. The van der Waals surface area contributed by atoms with E-state index in [1.807, 2.05) is 47.8 Å². The Kier molecular flexibility index (Phi) is 5.97. The van der Waals surface area contributed by atoms with E-state index in [0.29, 0.717) is 11.1 Å². The maximum absolute atomic E-state index is 12.5. The van der Waals surface area contributed by atoms with Crippen LogP contribution in [0, 0.1) is 0 Å². The van der Waals surface area contributed by atoms with Gasteiger partial charge in [-0.2, -0.15) is 13.2 Å². The van der Waals surface area contributed by atoms with Crippen molar-refractivity contribution >= 4 is 17.5 Å². The Morgan fingerprint density at radius 2 is 1.34 bits per heavy atom. The third-order valence-electron chi connectivity index (χ3n) is 4.22. The van der Waals surface area contributed by atoms with E-state index in [1.54, 1.807) is 18.2 Å². The minimum Gasteiger partial charge on any atom is -0.348 e. The topological polar surface area (TPSA) is 58.2 Å². The summed E-state index contributed by atoms with van der Waals surface area (Å²) in [5.41, 5.74) is 2.76. The molecule has 0 aromatic heterocycles. The van der Waals surface area contributed by atoms with Gasteiger partial charge in [-0.3, -0.25) is 9.59 Å². The van der Waals surface area contributed by atoms with Gasteiger partial charge in [-0.05, 0) is 34.9 Å². The number of rotatable bonds is 5. The molecule has 2 N–H and O–H groups in total. The van der Waals surface area contributed by atoms with E-state index in [9.17, 15) is 22.8 Å². The van der Waals surface area contributed by atoms with Gasteiger partial charge in [0.05, 0.1) is 0 Å². The van der Waals surface area contributed by atoms with Crippen LogP contribution < -0.4 is 10.6 Å². The van der Waals surface area contributed by atoms with E-state index in [0.717, 1.165) is 11.1 Å². The molecule has 0 aliphatic heterocycles. The molecule has 0 bridgehead atoms. The van der Waals surface area contributed by atoms with Crippen LogP contribution in [0.5, 0.6) is 0 Å². The van der Waals surface area contributed by atoms with Crippen LogP contribution in [-0.2, 0) is 11.3 Å². The first-order chi connectivity index (χ1) is 13.8. The number of amides is 2. The third kappa shape index (κ3) is 5.22. The fourth-order valence-electron chi connectivity index (χ4n) is 2.71. The van der Waals surface area contributed by atoms with Crippen LogP contribution in [-0.4, -0.2) is 18.0 Å². The van der Waals surface area contributed by atoms with Gasteiger partial charge in [-0.1, -0.05) is 60.7 Å². The highest BCUT2D eigenvalue weighted by molar-refractivity contribution is 5.96. The van der Waals surface area contributed by atoms with Crippen molar-refractivity contribution in [1.82, 2.24) is 5.32 Å². The predicted molar refractivity (Wildman–Crippen MR) is 104 cm³/mol. The molecule has 0 saturated heterocycles. The predicted octanol–water partition coefficient (Wildman–Crippen LogP) is 4.78. The second-order valence-electron chi connectivity index (χ2n) is 6.24. The van der Waals surface area contributed by atoms with Crippen molar-refractivity contribution in [3.8, 4) is 11.1 Å². The van der Waals surface area contributed by atoms with Crippen molar-refractivity contribution < 1.29 is 22.8 Å². The highest BCUT2D eigenvalue weighted by Gasteiger charge is 2.38. The second-order valence-corrected chi connectivity index (χ2v) is 6.24. The maximum Gasteiger partial charge on any atom is 0.471 e. The number of alkyl halides is 3. The molecule has 148 valence electrons. The van der Waals surface area contributed by atoms with Gasteiger partial charge < -0.3 is 10.6 Å². The first-order valence-electron chi connectivity index (χ1n) is 8.74. The second kappa shape index (κ2) is 8.60. The van der Waals surface area contributed by atoms with Crippen LogP contribution in [0.15, 0.2) is 78.9 Å². The molecule has 2 amide bonds. The van der Waals surface area contributed by atoms with Crippen molar-refractivity contribution in [2.75, 3.05) is 5.32 Å². The summed E-state index contributed by atoms with van der Waals surface area (Å²) in [6, 6.07) is 22.7. The van der Waals surface area contributed by atoms with E-state index in [-0.39, 0.29) is 18.1 Å². The summed E-state index contributed by atoms with van der Waals surface area (Å²) >= 11 is 0. The molecular formula is C22H17F3N2O2. The Morgan fingerprint density at radius 1 is 0.759 bits per heavy atom. The number of anilines is 1. The SMILES string of the molecule is O=C(NCc1ccccc1NC(=O)C(F)(F)F)c1ccc(-c2ccccc2)cc1. The number of carbonyl (C=O) groups excluding carboxylic acids is 2. The summed E-state index contributed by atoms with van der Waals surface area (Å²) in [6.07, 6.45) is -4.99. The molecule has 0 aliphatic rings. The Bertz CT molecular complexity index is 1000. The van der Waals surface area contributed by atoms with Gasteiger partial charge in [0.1, 0.15) is 0 Å². The van der Waals surface area contributed by atoms with Crippen molar-refractivity contribution in [2.24, 2.45) is 0 Å². The zero-order valence-corrected chi connectivity index (χ0v) is 15.2. The summed E-state index contributed by atoms with van der Waals surface area (Å²) in [5, 5.41) is 4.48. The molecule has 29 heavy (non-hydrogen) atoms. The first-order valence-corrected chi connectivity index (χ1v) is 8.74. The first kappa shape index (κ1) is 20.1. The Morgan fingerprint density at radius 3 is 2.00 bits per heavy atom. The molecule has 0 aliphatic carbocycles. The van der Waals surface area contributed by atoms with Crippen molar-refractivity contribution in [3.63, 3.8) is 0 Å². The molecule has 4 nitrogen and oxygen atoms in total. The van der Waals surface area contributed by atoms with Gasteiger partial charge in [-0.25, -0.2) is 0 Å². The van der Waals surface area contributed by atoms with Gasteiger partial charge in [0.2, 0.25) is 0 Å². The van der Waals surface area contributed by atoms with E-state index < -0.39 is 12.1 Å². The molecule has 0 spiro atoms. The lowest BCUT2D eigenvalue weighted by Crippen LogP contribution is -2.31. The van der Waals surface area contributed by atoms with Gasteiger partial charge in [0, 0.05) is 17.8 Å². The van der Waals surface area contributed by atoms with Crippen LogP contribution >= 0.6 is 0 Å². The van der Waals surface area contributed by atoms with Gasteiger partial charge in [-0.15, -0.1) is 0 Å². The molecule has 3 rings (SSSR count). The molecule has 0 saturated carbocycles. The Balaban J connectivity index is 1.66. The number of hydrogen-bond donors (Lipinski definition) is 2. The molecule has 3 aromatic carbocycles. The molecule has 0 radical (unpaired) electrons. The quantitative estimate of drug-likeness (QED) is 0.650. The monoisotopic (exact) mass is 398 g/mol. The number of para-hydroxylation sites is 1. The standard InChI is InChI=1S/C22H17F3N2O2/c23-22(24,25)21(29)27-19-9-5-4-8-18(19)14-26-20(28)17-12-10-16(11-13-17)15-6-2-1-3-7-15/h1-13H,14H2,(H,26,28)(H,27,29). The molecule has 7 heteroatoms. The van der Waals surface area contributed by atoms with Crippen molar-refractivity contribution in [3.05, 3.63) is 90.0 Å². The Labute approximate surface area is 165 Å². The van der Waals surface area contributed by atoms with E-state index in [2.05, 4.69) is 5.32 Å². The van der Waals surface area contributed by atoms with E-state index in [1.165, 1.54) is 18.2 Å². The summed E-state index contributed by atoms with van der Waals surface area (Å²) in [4.78, 5) is 23.6. The van der Waals surface area contributed by atoms with Crippen molar-refractivity contribution in [1.29, 1.82) is 0 Å². The zero-order chi connectivity index (χ0) is 20.9. The fraction of sp³-hybridized carbons (Fsp3) is 0.0909. The minimum atomic E-state index is -4.99. The maximum atomic E-state index is 12.5. The molecule has 0 fully saturated rings. The lowest BCUT2D eigenvalue weighted by Gasteiger charge is -2.13. The zero-order valence-electron chi connectivity index (χ0n) is 15.2. The highest BCUT2D eigenvalue weighted by Crippen LogP contribution is 2.22. The summed E-state index contributed by atoms with van der Waals surface area (Å²) in [6.45, 7) is -0.0341. The lowest BCUT2D eigenvalue weighted by atomic mass is 10.0. The summed E-state index contributed by atoms with van der Waals surface area (Å²) < 4.78 is 37.4. The lowest BCUT2D eigenvalue weighted by molar-refractivity contribution is -0.167. The average molecular weight is 398 g/mol. The number of halogens is 3. The normalized spacial score (nSPS) is 11.0. The molecular weight excluding hydrogens is 381 g/mol. The minimum absolute atomic E-state index is 0.00505. The van der Waals surface area contributed by atoms with Crippen LogP contribution in [0.1, 0.15) is 15.9 Å². The van der Waals surface area contributed by atoms with Crippen LogP contribution in [0.4, 0.5) is 18.9 Å². The highest BCUT2D eigenvalue weighted by atomic mass is 19.4. The number of nitrogens with one attached hydrogen (secondary N) is 2. The molecule has 3 aromatic rings. The summed E-state index contributed by atoms with van der Waals surface area (Å²) in [5.74, 6) is -2.44. The number of hydrogen-bond acceptors (Lipinski definition) is 2. The molecule has 0 atom stereocenters. The fourth-order valence-corrected chi connectivity index (χ4v) is 2.71. The number of benzene rings is 3. The third-order valence-corrected chi connectivity index (χ3v) is 4.22. The summed E-state index contributed by atoms with van der Waals surface area (Å²) in [7, 11) is 0. The smallest absolute Gasteiger partial charge is 0.348 e. The van der Waals surface area contributed by atoms with Gasteiger partial charge >= 0.3 is 12.1 Å². The van der Waals surface area contributed by atoms with Crippen LogP contribution in [0.3, 0.4) is 0 Å². The van der Waals surface area contributed by atoms with Gasteiger partial charge in [0.25, 0.3) is 5.91 Å². The largest absolute Gasteiger partial charge is 0.471 e. The van der Waals surface area contributed by atoms with E-state index >= 15 is 0 Å². The Hall–Kier alpha value is -3.61. The molecule has 0 heterocycles. The molecule has 0 unspecified atom stereocenters. The van der Waals surface area contributed by atoms with Crippen LogP contribution in [0.25, 0.3) is 11.1 Å².